The van der Waals surface area contributed by atoms with E-state index < -0.39 is 18.0 Å². The van der Waals surface area contributed by atoms with E-state index in [1.807, 2.05) is 36.7 Å². The fourth-order valence-corrected chi connectivity index (χ4v) is 1.46. The predicted molar refractivity (Wildman–Crippen MR) is 78.2 cm³/mol. The molecule has 1 radical (unpaired) electrons. The third-order valence-corrected chi connectivity index (χ3v) is 2.56. The van der Waals surface area contributed by atoms with E-state index in [9.17, 15) is 9.59 Å². The summed E-state index contributed by atoms with van der Waals surface area (Å²) in [6.07, 6.45) is 1.33. The van der Waals surface area contributed by atoms with Crippen LogP contribution in [0.15, 0.2) is 36.7 Å². The monoisotopic (exact) mass is 367 g/mol. The first-order valence-electron chi connectivity index (χ1n) is 6.30. The number of nitrogens with zero attached hydrogens (tertiary/aromatic N) is 2. The Morgan fingerprint density at radius 2 is 1.26 bits per heavy atom. The predicted octanol–water partition coefficient (Wildman–Crippen LogP) is 1.27. The van der Waals surface area contributed by atoms with Crippen LogP contribution in [0.5, 0.6) is 0 Å². The van der Waals surface area contributed by atoms with Gasteiger partial charge in [0.2, 0.25) is 6.10 Å². The number of carbonyl (C=O) groups is 2. The second-order valence-corrected chi connectivity index (χ2v) is 4.52. The molecule has 3 N–H and O–H groups in total. The van der Waals surface area contributed by atoms with Crippen LogP contribution in [-0.4, -0.2) is 43.3 Å². The molecule has 23 heavy (non-hydrogen) atoms. The molecule has 127 valence electrons. The molecule has 0 saturated carbocycles. The number of rotatable bonds is 3. The molecule has 2 aromatic heterocycles. The summed E-state index contributed by atoms with van der Waals surface area (Å²) in [6, 6.07) is 8.06. The van der Waals surface area contributed by atoms with Crippen molar-refractivity contribution in [1.29, 1.82) is 0 Å². The SMILES string of the molecule is Cc1ccnc(-c2cc(C)ccn2)c1.O=C(O)C(O)C(=O)O.[Cu]. The zero-order valence-corrected chi connectivity index (χ0v) is 13.3. The van der Waals surface area contributed by atoms with E-state index in [0.717, 1.165) is 11.4 Å². The number of pyridine rings is 2. The fourth-order valence-electron chi connectivity index (χ4n) is 1.46. The Bertz CT molecular complexity index is 621. The third kappa shape index (κ3) is 7.01. The molecule has 0 atom stereocenters. The van der Waals surface area contributed by atoms with Gasteiger partial charge in [-0.1, -0.05) is 0 Å². The molecular formula is C15H16CuN2O5. The fraction of sp³-hybridized carbons (Fsp3) is 0.200. The Kier molecular flexibility index (Phi) is 8.72. The Morgan fingerprint density at radius 3 is 1.48 bits per heavy atom. The summed E-state index contributed by atoms with van der Waals surface area (Å²) in [4.78, 5) is 27.6. The van der Waals surface area contributed by atoms with Crippen LogP contribution in [0.4, 0.5) is 0 Å². The van der Waals surface area contributed by atoms with Gasteiger partial charge >= 0.3 is 11.9 Å². The average Bonchev–Trinajstić information content (AvgIpc) is 2.47. The number of hydrogen-bond acceptors (Lipinski definition) is 5. The molecule has 0 fully saturated rings. The number of carboxylic acid groups (broad SMARTS) is 2. The van der Waals surface area contributed by atoms with E-state index in [2.05, 4.69) is 23.8 Å². The standard InChI is InChI=1S/C12H12N2.C3H4O5.Cu/c1-9-3-5-13-11(7-9)12-8-10(2)4-6-14-12;4-1(2(5)6)3(7)8;/h3-8H,1-2H3;1,4H,(H,5,6)(H,7,8);. The second kappa shape index (κ2) is 9.68. The molecule has 0 spiro atoms. The van der Waals surface area contributed by atoms with E-state index in [-0.39, 0.29) is 17.1 Å². The summed E-state index contributed by atoms with van der Waals surface area (Å²) < 4.78 is 0. The zero-order valence-electron chi connectivity index (χ0n) is 12.4. The van der Waals surface area contributed by atoms with E-state index in [1.54, 1.807) is 0 Å². The normalized spacial score (nSPS) is 9.39. The smallest absolute Gasteiger partial charge is 0.344 e. The molecule has 0 amide bonds. The molecule has 0 aliphatic rings. The van der Waals surface area contributed by atoms with Crippen molar-refractivity contribution in [3.63, 3.8) is 0 Å². The van der Waals surface area contributed by atoms with Crippen molar-refractivity contribution < 1.29 is 42.0 Å². The Hall–Kier alpha value is -2.28. The van der Waals surface area contributed by atoms with Crippen LogP contribution in [0.2, 0.25) is 0 Å². The van der Waals surface area contributed by atoms with Crippen molar-refractivity contribution in [1.82, 2.24) is 9.97 Å². The van der Waals surface area contributed by atoms with Gasteiger partial charge in [-0.25, -0.2) is 9.59 Å². The number of aliphatic hydroxyl groups excluding tert-OH is 1. The van der Waals surface area contributed by atoms with E-state index in [4.69, 9.17) is 15.3 Å². The maximum Gasteiger partial charge on any atom is 0.344 e. The Balaban J connectivity index is 0.000000469. The topological polar surface area (TPSA) is 121 Å². The summed E-state index contributed by atoms with van der Waals surface area (Å²) in [5, 5.41) is 23.4. The molecule has 7 nitrogen and oxygen atoms in total. The van der Waals surface area contributed by atoms with E-state index in [0.29, 0.717) is 0 Å². The van der Waals surface area contributed by atoms with E-state index >= 15 is 0 Å². The maximum atomic E-state index is 9.51. The number of aliphatic hydroxyl groups is 1. The number of aryl methyl sites for hydroxylation is 2. The first kappa shape index (κ1) is 20.7. The number of aliphatic carboxylic acids is 2. The molecule has 0 unspecified atom stereocenters. The van der Waals surface area contributed by atoms with Gasteiger partial charge in [-0.2, -0.15) is 0 Å². The van der Waals surface area contributed by atoms with Crippen LogP contribution in [0.25, 0.3) is 11.4 Å². The molecule has 8 heteroatoms. The van der Waals surface area contributed by atoms with Crippen molar-refractivity contribution in [2.45, 2.75) is 20.0 Å². The largest absolute Gasteiger partial charge is 0.479 e. The van der Waals surface area contributed by atoms with Crippen molar-refractivity contribution >= 4 is 11.9 Å². The molecule has 0 aliphatic heterocycles. The first-order chi connectivity index (χ1) is 10.3. The van der Waals surface area contributed by atoms with Gasteiger partial charge in [0, 0.05) is 29.5 Å². The Morgan fingerprint density at radius 1 is 0.913 bits per heavy atom. The first-order valence-corrected chi connectivity index (χ1v) is 6.30. The molecule has 0 bridgehead atoms. The van der Waals surface area contributed by atoms with Crippen LogP contribution in [0.1, 0.15) is 11.1 Å². The number of carboxylic acids is 2. The van der Waals surface area contributed by atoms with Gasteiger partial charge in [-0.15, -0.1) is 0 Å². The van der Waals surface area contributed by atoms with Gasteiger partial charge < -0.3 is 15.3 Å². The van der Waals surface area contributed by atoms with Crippen molar-refractivity contribution in [2.24, 2.45) is 0 Å². The molecule has 2 heterocycles. The molecular weight excluding hydrogens is 352 g/mol. The molecule has 0 aromatic carbocycles. The van der Waals surface area contributed by atoms with Crippen molar-refractivity contribution in [2.75, 3.05) is 0 Å². The maximum absolute atomic E-state index is 9.51. The summed E-state index contributed by atoms with van der Waals surface area (Å²) in [5.74, 6) is -3.50. The summed E-state index contributed by atoms with van der Waals surface area (Å²) in [7, 11) is 0. The van der Waals surface area contributed by atoms with Gasteiger partial charge in [-0.05, 0) is 49.2 Å². The van der Waals surface area contributed by atoms with Crippen LogP contribution < -0.4 is 0 Å². The average molecular weight is 368 g/mol. The molecule has 0 saturated heterocycles. The van der Waals surface area contributed by atoms with Crippen LogP contribution in [-0.2, 0) is 26.7 Å². The van der Waals surface area contributed by atoms with Gasteiger partial charge in [0.15, 0.2) is 0 Å². The molecule has 2 rings (SSSR count). The quantitative estimate of drug-likeness (QED) is 0.551. The minimum atomic E-state index is -2.30. The van der Waals surface area contributed by atoms with E-state index in [1.165, 1.54) is 11.1 Å². The number of aromatic nitrogens is 2. The zero-order chi connectivity index (χ0) is 16.7. The van der Waals surface area contributed by atoms with Crippen molar-refractivity contribution in [3.8, 4) is 11.4 Å². The molecule has 0 aliphatic carbocycles. The molecule has 2 aromatic rings. The van der Waals surface area contributed by atoms with Crippen LogP contribution in [0.3, 0.4) is 0 Å². The van der Waals surface area contributed by atoms with Crippen LogP contribution >= 0.6 is 0 Å². The minimum Gasteiger partial charge on any atom is -0.479 e. The van der Waals surface area contributed by atoms with Gasteiger partial charge in [0.25, 0.3) is 0 Å². The second-order valence-electron chi connectivity index (χ2n) is 4.52. The summed E-state index contributed by atoms with van der Waals surface area (Å²) >= 11 is 0. The van der Waals surface area contributed by atoms with Gasteiger partial charge in [0.1, 0.15) is 0 Å². The number of hydrogen-bond donors (Lipinski definition) is 3. The minimum absolute atomic E-state index is 0. The summed E-state index contributed by atoms with van der Waals surface area (Å²) in [5.41, 5.74) is 4.29. The Labute approximate surface area is 143 Å². The van der Waals surface area contributed by atoms with Crippen molar-refractivity contribution in [3.05, 3.63) is 47.8 Å². The van der Waals surface area contributed by atoms with Gasteiger partial charge in [-0.3, -0.25) is 9.97 Å². The van der Waals surface area contributed by atoms with Crippen LogP contribution in [0, 0.1) is 13.8 Å². The third-order valence-electron chi connectivity index (χ3n) is 2.56. The van der Waals surface area contributed by atoms with Gasteiger partial charge in [0.05, 0.1) is 11.4 Å². The summed E-state index contributed by atoms with van der Waals surface area (Å²) in [6.45, 7) is 4.11.